The van der Waals surface area contributed by atoms with Crippen LogP contribution in [0, 0.1) is 13.8 Å². The fourth-order valence-corrected chi connectivity index (χ4v) is 1.83. The molecular formula is C13H16N4O. The summed E-state index contributed by atoms with van der Waals surface area (Å²) in [5, 5.41) is 6.84. The van der Waals surface area contributed by atoms with Crippen LogP contribution in [0.15, 0.2) is 30.9 Å². The van der Waals surface area contributed by atoms with Gasteiger partial charge in [-0.25, -0.2) is 9.67 Å². The molecule has 0 bridgehead atoms. The Morgan fingerprint density at radius 3 is 2.50 bits per heavy atom. The second-order valence-corrected chi connectivity index (χ2v) is 4.42. The van der Waals surface area contributed by atoms with Crippen LogP contribution in [0.2, 0.25) is 0 Å². The summed E-state index contributed by atoms with van der Waals surface area (Å²) in [6, 6.07) is 5.57. The van der Waals surface area contributed by atoms with E-state index < -0.39 is 0 Å². The number of aryl methyl sites for hydroxylation is 2. The van der Waals surface area contributed by atoms with Gasteiger partial charge in [-0.3, -0.25) is 4.79 Å². The van der Waals surface area contributed by atoms with Crippen molar-refractivity contribution in [1.82, 2.24) is 14.8 Å². The van der Waals surface area contributed by atoms with Gasteiger partial charge in [0.2, 0.25) is 5.91 Å². The molecule has 1 amide bonds. The van der Waals surface area contributed by atoms with E-state index in [0.29, 0.717) is 0 Å². The molecule has 0 radical (unpaired) electrons. The molecule has 0 aliphatic heterocycles. The number of carbonyl (C=O) groups is 1. The highest BCUT2D eigenvalue weighted by molar-refractivity contribution is 5.93. The zero-order chi connectivity index (χ0) is 13.1. The molecule has 94 valence electrons. The van der Waals surface area contributed by atoms with Crippen molar-refractivity contribution in [2.24, 2.45) is 0 Å². The maximum atomic E-state index is 12.0. The minimum Gasteiger partial charge on any atom is -0.324 e. The highest BCUT2D eigenvalue weighted by Gasteiger charge is 2.15. The smallest absolute Gasteiger partial charge is 0.249 e. The van der Waals surface area contributed by atoms with Crippen LogP contribution in [0.4, 0.5) is 5.69 Å². The van der Waals surface area contributed by atoms with E-state index in [1.54, 1.807) is 6.92 Å². The summed E-state index contributed by atoms with van der Waals surface area (Å²) in [6.45, 7) is 5.79. The quantitative estimate of drug-likeness (QED) is 0.899. The molecule has 2 rings (SSSR count). The van der Waals surface area contributed by atoms with Gasteiger partial charge in [0, 0.05) is 5.69 Å². The number of hydrogen-bond acceptors (Lipinski definition) is 3. The van der Waals surface area contributed by atoms with Gasteiger partial charge in [0.1, 0.15) is 18.7 Å². The number of amides is 1. The fraction of sp³-hybridized carbons (Fsp3) is 0.308. The molecule has 1 heterocycles. The van der Waals surface area contributed by atoms with E-state index in [1.807, 2.05) is 26.0 Å². The third-order valence-electron chi connectivity index (χ3n) is 2.70. The van der Waals surface area contributed by atoms with E-state index in [1.165, 1.54) is 17.3 Å². The Labute approximate surface area is 106 Å². The highest BCUT2D eigenvalue weighted by Crippen LogP contribution is 2.15. The molecule has 0 fully saturated rings. The van der Waals surface area contributed by atoms with Crippen molar-refractivity contribution < 1.29 is 4.79 Å². The number of hydrogen-bond donors (Lipinski definition) is 1. The van der Waals surface area contributed by atoms with Gasteiger partial charge in [0.15, 0.2) is 0 Å². The van der Waals surface area contributed by atoms with E-state index in [9.17, 15) is 4.79 Å². The zero-order valence-electron chi connectivity index (χ0n) is 10.7. The van der Waals surface area contributed by atoms with Crippen molar-refractivity contribution in [2.45, 2.75) is 26.8 Å². The second kappa shape index (κ2) is 5.00. The number of aromatic nitrogens is 3. The van der Waals surface area contributed by atoms with Gasteiger partial charge in [0.05, 0.1) is 0 Å². The van der Waals surface area contributed by atoms with Crippen LogP contribution in [0.5, 0.6) is 0 Å². The molecule has 0 saturated carbocycles. The number of anilines is 1. The van der Waals surface area contributed by atoms with Gasteiger partial charge in [-0.05, 0) is 44.0 Å². The van der Waals surface area contributed by atoms with Gasteiger partial charge in [-0.15, -0.1) is 0 Å². The third-order valence-corrected chi connectivity index (χ3v) is 2.70. The predicted molar refractivity (Wildman–Crippen MR) is 69.3 cm³/mol. The summed E-state index contributed by atoms with van der Waals surface area (Å²) in [4.78, 5) is 15.9. The van der Waals surface area contributed by atoms with Gasteiger partial charge in [-0.2, -0.15) is 5.10 Å². The van der Waals surface area contributed by atoms with E-state index in [2.05, 4.69) is 21.5 Å². The summed E-state index contributed by atoms with van der Waals surface area (Å²) in [5.41, 5.74) is 3.06. The molecule has 5 heteroatoms. The Hall–Kier alpha value is -2.17. The molecule has 1 aromatic carbocycles. The zero-order valence-corrected chi connectivity index (χ0v) is 10.7. The Balaban J connectivity index is 2.11. The number of nitrogens with one attached hydrogen (secondary N) is 1. The summed E-state index contributed by atoms with van der Waals surface area (Å²) < 4.78 is 1.53. The third kappa shape index (κ3) is 2.74. The van der Waals surface area contributed by atoms with Crippen LogP contribution < -0.4 is 5.32 Å². The first-order valence-corrected chi connectivity index (χ1v) is 5.79. The lowest BCUT2D eigenvalue weighted by molar-refractivity contribution is -0.119. The molecule has 0 aliphatic carbocycles. The molecule has 1 unspecified atom stereocenters. The number of rotatable bonds is 3. The van der Waals surface area contributed by atoms with Gasteiger partial charge >= 0.3 is 0 Å². The number of nitrogens with zero attached hydrogens (tertiary/aromatic N) is 3. The lowest BCUT2D eigenvalue weighted by atomic mass is 10.1. The fourth-order valence-electron chi connectivity index (χ4n) is 1.83. The Kier molecular flexibility index (Phi) is 3.41. The first kappa shape index (κ1) is 12.3. The molecular weight excluding hydrogens is 228 g/mol. The van der Waals surface area contributed by atoms with Crippen LogP contribution in [0.1, 0.15) is 24.1 Å². The lowest BCUT2D eigenvalue weighted by Gasteiger charge is -2.13. The molecule has 1 atom stereocenters. The van der Waals surface area contributed by atoms with Crippen LogP contribution >= 0.6 is 0 Å². The van der Waals surface area contributed by atoms with Crippen LogP contribution in [-0.4, -0.2) is 20.7 Å². The molecule has 0 saturated heterocycles. The molecule has 0 aliphatic rings. The van der Waals surface area contributed by atoms with E-state index in [-0.39, 0.29) is 11.9 Å². The maximum absolute atomic E-state index is 12.0. The van der Waals surface area contributed by atoms with Crippen molar-refractivity contribution in [2.75, 3.05) is 5.32 Å². The minimum absolute atomic E-state index is 0.106. The first-order chi connectivity index (χ1) is 8.56. The summed E-state index contributed by atoms with van der Waals surface area (Å²) in [7, 11) is 0. The average molecular weight is 244 g/mol. The Morgan fingerprint density at radius 2 is 1.94 bits per heavy atom. The monoisotopic (exact) mass is 244 g/mol. The molecule has 0 spiro atoms. The average Bonchev–Trinajstić information content (AvgIpc) is 2.79. The molecule has 1 N–H and O–H groups in total. The van der Waals surface area contributed by atoms with Crippen molar-refractivity contribution in [1.29, 1.82) is 0 Å². The lowest BCUT2D eigenvalue weighted by Crippen LogP contribution is -2.24. The molecule has 5 nitrogen and oxygen atoms in total. The van der Waals surface area contributed by atoms with Crippen molar-refractivity contribution in [3.63, 3.8) is 0 Å². The standard InChI is InChI=1S/C13H16N4O/c1-9-4-10(2)6-12(5-9)16-13(18)11(3)17-8-14-7-15-17/h4-8,11H,1-3H3,(H,16,18). The summed E-state index contributed by atoms with van der Waals surface area (Å²) in [5.74, 6) is -0.106. The topological polar surface area (TPSA) is 59.8 Å². The van der Waals surface area contributed by atoms with Crippen molar-refractivity contribution in [3.8, 4) is 0 Å². The molecule has 18 heavy (non-hydrogen) atoms. The first-order valence-electron chi connectivity index (χ1n) is 5.79. The molecule has 2 aromatic rings. The van der Waals surface area contributed by atoms with Crippen LogP contribution in [-0.2, 0) is 4.79 Å². The SMILES string of the molecule is Cc1cc(C)cc(NC(=O)C(C)n2cncn2)c1. The van der Waals surface area contributed by atoms with Gasteiger partial charge in [-0.1, -0.05) is 6.07 Å². The highest BCUT2D eigenvalue weighted by atomic mass is 16.2. The molecule has 1 aromatic heterocycles. The second-order valence-electron chi connectivity index (χ2n) is 4.42. The predicted octanol–water partition coefficient (Wildman–Crippen LogP) is 2.09. The van der Waals surface area contributed by atoms with Crippen molar-refractivity contribution in [3.05, 3.63) is 42.0 Å². The summed E-state index contributed by atoms with van der Waals surface area (Å²) >= 11 is 0. The van der Waals surface area contributed by atoms with Gasteiger partial charge < -0.3 is 5.32 Å². The van der Waals surface area contributed by atoms with E-state index in [4.69, 9.17) is 0 Å². The summed E-state index contributed by atoms with van der Waals surface area (Å²) in [6.07, 6.45) is 2.95. The maximum Gasteiger partial charge on any atom is 0.249 e. The van der Waals surface area contributed by atoms with Crippen LogP contribution in [0.3, 0.4) is 0 Å². The van der Waals surface area contributed by atoms with Gasteiger partial charge in [0.25, 0.3) is 0 Å². The Morgan fingerprint density at radius 1 is 1.28 bits per heavy atom. The normalized spacial score (nSPS) is 12.2. The van der Waals surface area contributed by atoms with E-state index >= 15 is 0 Å². The van der Waals surface area contributed by atoms with E-state index in [0.717, 1.165) is 16.8 Å². The van der Waals surface area contributed by atoms with Crippen molar-refractivity contribution >= 4 is 11.6 Å². The Bertz CT molecular complexity index is 528. The van der Waals surface area contributed by atoms with Crippen LogP contribution in [0.25, 0.3) is 0 Å². The number of carbonyl (C=O) groups excluding carboxylic acids is 1. The number of benzene rings is 1. The minimum atomic E-state index is -0.381. The largest absolute Gasteiger partial charge is 0.324 e.